The predicted molar refractivity (Wildman–Crippen MR) is 118 cm³/mol. The van der Waals surface area contributed by atoms with Crippen LogP contribution in [0.2, 0.25) is 0 Å². The van der Waals surface area contributed by atoms with E-state index in [1.807, 2.05) is 24.3 Å². The van der Waals surface area contributed by atoms with Crippen LogP contribution in [0, 0.1) is 11.8 Å². The van der Waals surface area contributed by atoms with Gasteiger partial charge in [0.25, 0.3) is 0 Å². The van der Waals surface area contributed by atoms with E-state index in [4.69, 9.17) is 9.84 Å². The Morgan fingerprint density at radius 1 is 1.23 bits per heavy atom. The van der Waals surface area contributed by atoms with Crippen LogP contribution in [0.25, 0.3) is 6.08 Å². The molecule has 1 aromatic carbocycles. The third-order valence-corrected chi connectivity index (χ3v) is 4.71. The number of allylic oxidation sites excluding steroid dienone is 4. The molecule has 1 aliphatic rings. The van der Waals surface area contributed by atoms with Crippen LogP contribution in [0.4, 0.5) is 0 Å². The highest BCUT2D eigenvalue weighted by atomic mass is 16.5. The number of carboxylic acid groups (broad SMARTS) is 1. The molecule has 31 heavy (non-hydrogen) atoms. The van der Waals surface area contributed by atoms with E-state index in [1.165, 1.54) is 6.08 Å². The minimum atomic E-state index is -1.43. The first kappa shape index (κ1) is 26.0. The topological polar surface area (TPSA) is 121 Å². The van der Waals surface area contributed by atoms with Gasteiger partial charge in [-0.3, -0.25) is 4.79 Å². The average Bonchev–Trinajstić information content (AvgIpc) is 2.76. The van der Waals surface area contributed by atoms with Crippen molar-refractivity contribution in [1.29, 1.82) is 0 Å². The summed E-state index contributed by atoms with van der Waals surface area (Å²) in [6.07, 6.45) is 10.3. The Morgan fingerprint density at radius 3 is 2.55 bits per heavy atom. The van der Waals surface area contributed by atoms with Crippen LogP contribution < -0.4 is 4.74 Å². The zero-order valence-electron chi connectivity index (χ0n) is 17.8. The van der Waals surface area contributed by atoms with Gasteiger partial charge in [0.15, 0.2) is 5.78 Å². The fourth-order valence-electron chi connectivity index (χ4n) is 3.03. The Morgan fingerprint density at radius 2 is 1.94 bits per heavy atom. The fraction of sp³-hybridized carbons (Fsp3) is 0.375. The second kappa shape index (κ2) is 14.1. The van der Waals surface area contributed by atoms with Gasteiger partial charge in [0.2, 0.25) is 0 Å². The maximum absolute atomic E-state index is 11.6. The summed E-state index contributed by atoms with van der Waals surface area (Å²) in [6.45, 7) is 2.08. The van der Waals surface area contributed by atoms with Crippen LogP contribution >= 0.6 is 0 Å². The molecule has 0 saturated heterocycles. The molecule has 1 fully saturated rings. The number of hydrogen-bond acceptors (Lipinski definition) is 6. The molecule has 4 unspecified atom stereocenters. The van der Waals surface area contributed by atoms with Crippen molar-refractivity contribution in [1.82, 2.24) is 0 Å². The Bertz CT molecular complexity index is 810. The van der Waals surface area contributed by atoms with Crippen LogP contribution in [-0.4, -0.2) is 52.7 Å². The number of aliphatic hydroxyl groups excluding tert-OH is 2. The van der Waals surface area contributed by atoms with E-state index in [1.54, 1.807) is 31.4 Å². The van der Waals surface area contributed by atoms with Crippen molar-refractivity contribution in [3.05, 3.63) is 60.2 Å². The Hall–Kier alpha value is -3.03. The molecule has 168 valence electrons. The fourth-order valence-corrected chi connectivity index (χ4v) is 3.03. The number of rotatable bonds is 8. The minimum absolute atomic E-state index is 0.231. The number of para-hydroxylation sites is 1. The number of Topliss-reactive ketones (excluding diaryl/α,β-unsaturated/α-hetero) is 1. The van der Waals surface area contributed by atoms with E-state index in [0.29, 0.717) is 12.0 Å². The van der Waals surface area contributed by atoms with Crippen molar-refractivity contribution in [2.75, 3.05) is 7.11 Å². The smallest absolute Gasteiger partial charge is 0.328 e. The monoisotopic (exact) mass is 430 g/mol. The predicted octanol–water partition coefficient (Wildman–Crippen LogP) is 2.82. The van der Waals surface area contributed by atoms with E-state index in [0.717, 1.165) is 24.5 Å². The number of carbonyl (C=O) groups excluding carboxylic acids is 2. The number of aliphatic carboxylic acids is 1. The number of hydrogen-bond donors (Lipinski definition) is 3. The molecule has 1 aliphatic carbocycles. The summed E-state index contributed by atoms with van der Waals surface area (Å²) in [5.41, 5.74) is 0.757. The normalized spacial score (nSPS) is 23.7. The summed E-state index contributed by atoms with van der Waals surface area (Å²) < 4.78 is 5.03. The van der Waals surface area contributed by atoms with Crippen molar-refractivity contribution in [3.63, 3.8) is 0 Å². The molecular weight excluding hydrogens is 400 g/mol. The largest absolute Gasteiger partial charge is 0.496 e. The molecule has 0 amide bonds. The van der Waals surface area contributed by atoms with Gasteiger partial charge in [-0.1, -0.05) is 55.8 Å². The molecule has 0 aliphatic heterocycles. The first-order chi connectivity index (χ1) is 14.8. The maximum atomic E-state index is 11.6. The molecule has 7 nitrogen and oxygen atoms in total. The Labute approximate surface area is 182 Å². The van der Waals surface area contributed by atoms with Crippen LogP contribution in [-0.2, 0) is 14.4 Å². The lowest BCUT2D eigenvalue weighted by Gasteiger charge is -2.31. The highest BCUT2D eigenvalue weighted by molar-refractivity contribution is 5.97. The number of aldehydes is 1. The van der Waals surface area contributed by atoms with Crippen molar-refractivity contribution < 1.29 is 34.4 Å². The van der Waals surface area contributed by atoms with Gasteiger partial charge in [0, 0.05) is 11.6 Å². The first-order valence-corrected chi connectivity index (χ1v) is 10.1. The first-order valence-electron chi connectivity index (χ1n) is 10.1. The van der Waals surface area contributed by atoms with Gasteiger partial charge in [0.05, 0.1) is 19.1 Å². The van der Waals surface area contributed by atoms with Gasteiger partial charge in [0.1, 0.15) is 18.1 Å². The summed E-state index contributed by atoms with van der Waals surface area (Å²) >= 11 is 0. The van der Waals surface area contributed by atoms with Gasteiger partial charge < -0.3 is 24.9 Å². The zero-order chi connectivity index (χ0) is 23.2. The minimum Gasteiger partial charge on any atom is -0.496 e. The van der Waals surface area contributed by atoms with E-state index >= 15 is 0 Å². The highest BCUT2D eigenvalue weighted by Crippen LogP contribution is 2.28. The maximum Gasteiger partial charge on any atom is 0.328 e. The van der Waals surface area contributed by atoms with Gasteiger partial charge in [-0.25, -0.2) is 4.79 Å². The van der Waals surface area contributed by atoms with Gasteiger partial charge in [-0.2, -0.15) is 0 Å². The molecule has 1 aromatic rings. The molecule has 0 radical (unpaired) electrons. The molecule has 2 rings (SSSR count). The molecule has 0 aromatic heterocycles. The number of carbonyl (C=O) groups is 3. The second-order valence-electron chi connectivity index (χ2n) is 6.99. The molecule has 4 atom stereocenters. The molecule has 0 bridgehead atoms. The highest BCUT2D eigenvalue weighted by Gasteiger charge is 2.41. The average molecular weight is 430 g/mol. The van der Waals surface area contributed by atoms with Crippen LogP contribution in [0.5, 0.6) is 5.75 Å². The van der Waals surface area contributed by atoms with E-state index in [2.05, 4.69) is 6.92 Å². The molecule has 0 spiro atoms. The quantitative estimate of drug-likeness (QED) is 0.251. The lowest BCUT2D eigenvalue weighted by atomic mass is 9.76. The number of aliphatic hydroxyl groups is 2. The van der Waals surface area contributed by atoms with Crippen molar-refractivity contribution in [2.24, 2.45) is 11.8 Å². The van der Waals surface area contributed by atoms with Gasteiger partial charge in [-0.15, -0.1) is 0 Å². The summed E-state index contributed by atoms with van der Waals surface area (Å²) in [7, 11) is 1.55. The van der Waals surface area contributed by atoms with E-state index < -0.39 is 29.9 Å². The lowest BCUT2D eigenvalue weighted by molar-refractivity contribution is -0.146. The van der Waals surface area contributed by atoms with E-state index in [-0.39, 0.29) is 12.3 Å². The van der Waals surface area contributed by atoms with Gasteiger partial charge >= 0.3 is 5.97 Å². The lowest BCUT2D eigenvalue weighted by Crippen LogP contribution is -2.47. The second-order valence-corrected chi connectivity index (χ2v) is 6.99. The van der Waals surface area contributed by atoms with Crippen LogP contribution in [0.1, 0.15) is 31.7 Å². The third kappa shape index (κ3) is 8.70. The summed E-state index contributed by atoms with van der Waals surface area (Å²) in [5.74, 6) is -2.07. The molecule has 3 N–H and O–H groups in total. The zero-order valence-corrected chi connectivity index (χ0v) is 17.8. The Kier molecular flexibility index (Phi) is 11.8. The molecule has 1 saturated carbocycles. The number of unbranched alkanes of at least 4 members (excludes halogenated alkanes) is 1. The van der Waals surface area contributed by atoms with Crippen LogP contribution in [0.3, 0.4) is 0 Å². The number of ether oxygens (including phenoxy) is 1. The number of ketones is 1. The van der Waals surface area contributed by atoms with Crippen molar-refractivity contribution in [2.45, 2.75) is 38.4 Å². The number of carboxylic acids is 1. The summed E-state index contributed by atoms with van der Waals surface area (Å²) in [5, 5.41) is 27.4. The van der Waals surface area contributed by atoms with Gasteiger partial charge in [-0.05, 0) is 30.9 Å². The molecular formula is C24H30O7. The number of benzene rings is 1. The molecule has 0 heterocycles. The summed E-state index contributed by atoms with van der Waals surface area (Å²) in [6, 6.07) is 7.22. The Balaban J connectivity index is 0.000000327. The third-order valence-electron chi connectivity index (χ3n) is 4.71. The van der Waals surface area contributed by atoms with Crippen molar-refractivity contribution in [3.8, 4) is 5.75 Å². The van der Waals surface area contributed by atoms with Crippen LogP contribution in [0.15, 0.2) is 54.6 Å². The number of methoxy groups -OCH3 is 1. The van der Waals surface area contributed by atoms with Crippen molar-refractivity contribution >= 4 is 24.1 Å². The standard InChI is InChI=1S/C14H20O4.C10H10O3/c1-2-3-4-5-6-7-10-8-12(16)14(18)13(17)11(10)9-15;1-13-9-5-3-2-4-8(9)6-7-10(11)12/h4-7,9-12,14,16,18H,2-3,8H2,1H3;2-7H,1H3,(H,11,12). The SMILES string of the molecule is CCCC=CC=CC1CC(O)C(O)C(=O)C1C=O.COc1ccccc1C=CC(=O)O. The summed E-state index contributed by atoms with van der Waals surface area (Å²) in [4.78, 5) is 32.8. The van der Waals surface area contributed by atoms with E-state index in [9.17, 15) is 24.6 Å². The molecule has 7 heteroatoms.